The summed E-state index contributed by atoms with van der Waals surface area (Å²) in [6, 6.07) is 5.45. The lowest BCUT2D eigenvalue weighted by Crippen LogP contribution is -2.28. The van der Waals surface area contributed by atoms with Crippen LogP contribution in [0.15, 0.2) is 27.1 Å². The van der Waals surface area contributed by atoms with Crippen molar-refractivity contribution in [1.29, 1.82) is 0 Å². The monoisotopic (exact) mass is 363 g/mol. The second kappa shape index (κ2) is 7.13. The fourth-order valence-corrected chi connectivity index (χ4v) is 2.46. The quantitative estimate of drug-likeness (QED) is 0.813. The number of rotatable bonds is 5. The van der Waals surface area contributed by atoms with E-state index in [0.29, 0.717) is 18.7 Å². The number of hydrogen-bond acceptors (Lipinski definition) is 2. The summed E-state index contributed by atoms with van der Waals surface area (Å²) in [5, 5.41) is 2.81. The molecule has 0 saturated heterocycles. The molecule has 0 aliphatic heterocycles. The van der Waals surface area contributed by atoms with E-state index in [4.69, 9.17) is 4.74 Å². The van der Waals surface area contributed by atoms with E-state index in [1.54, 1.807) is 6.07 Å². The Morgan fingerprint density at radius 3 is 2.71 bits per heavy atom. The minimum Gasteiger partial charge on any atom is -0.377 e. The van der Waals surface area contributed by atoms with Crippen LogP contribution in [0.25, 0.3) is 0 Å². The Bertz CT molecular complexity index is 394. The average molecular weight is 365 g/mol. The lowest BCUT2D eigenvalue weighted by atomic mass is 10.2. The molecule has 5 heteroatoms. The molecule has 0 bridgehead atoms. The Labute approximate surface area is 118 Å². The van der Waals surface area contributed by atoms with Crippen LogP contribution in [-0.2, 0) is 4.74 Å². The van der Waals surface area contributed by atoms with Gasteiger partial charge in [-0.3, -0.25) is 4.79 Å². The van der Waals surface area contributed by atoms with Crippen LogP contribution in [0.5, 0.6) is 0 Å². The van der Waals surface area contributed by atoms with Crippen molar-refractivity contribution in [2.45, 2.75) is 20.0 Å². The van der Waals surface area contributed by atoms with Crippen molar-refractivity contribution < 1.29 is 9.53 Å². The topological polar surface area (TPSA) is 38.3 Å². The fraction of sp³-hybridized carbons (Fsp3) is 0.417. The lowest BCUT2D eigenvalue weighted by molar-refractivity contribution is 0.0746. The zero-order chi connectivity index (χ0) is 12.8. The third-order valence-electron chi connectivity index (χ3n) is 2.01. The van der Waals surface area contributed by atoms with Crippen LogP contribution < -0.4 is 5.32 Å². The number of halogens is 2. The third kappa shape index (κ3) is 5.19. The van der Waals surface area contributed by atoms with Gasteiger partial charge < -0.3 is 10.1 Å². The normalized spacial score (nSPS) is 10.6. The molecule has 1 amide bonds. The number of carbonyl (C=O) groups excluding carboxylic acids is 1. The molecule has 0 fully saturated rings. The lowest BCUT2D eigenvalue weighted by Gasteiger charge is -2.09. The van der Waals surface area contributed by atoms with Crippen LogP contribution in [0, 0.1) is 0 Å². The predicted octanol–water partition coefficient (Wildman–Crippen LogP) is 3.37. The SMILES string of the molecule is CC(C)OCCNC(=O)c1ccc(Br)cc1Br. The molecule has 0 aromatic heterocycles. The molecular formula is C12H15Br2NO2. The van der Waals surface area contributed by atoms with Crippen molar-refractivity contribution in [1.82, 2.24) is 5.32 Å². The van der Waals surface area contributed by atoms with Crippen molar-refractivity contribution >= 4 is 37.8 Å². The fourth-order valence-electron chi connectivity index (χ4n) is 1.23. The minimum absolute atomic E-state index is 0.100. The first-order valence-corrected chi connectivity index (χ1v) is 6.94. The molecular weight excluding hydrogens is 350 g/mol. The second-order valence-corrected chi connectivity index (χ2v) is 5.57. The highest BCUT2D eigenvalue weighted by Gasteiger charge is 2.09. The first-order valence-electron chi connectivity index (χ1n) is 5.35. The summed E-state index contributed by atoms with van der Waals surface area (Å²) < 4.78 is 7.05. The van der Waals surface area contributed by atoms with E-state index in [1.165, 1.54) is 0 Å². The van der Waals surface area contributed by atoms with E-state index in [-0.39, 0.29) is 12.0 Å². The van der Waals surface area contributed by atoms with Crippen LogP contribution in [0.2, 0.25) is 0 Å². The van der Waals surface area contributed by atoms with Gasteiger partial charge in [-0.05, 0) is 48.0 Å². The number of ether oxygens (including phenoxy) is 1. The molecule has 0 radical (unpaired) electrons. The summed E-state index contributed by atoms with van der Waals surface area (Å²) in [4.78, 5) is 11.8. The molecule has 94 valence electrons. The molecule has 1 N–H and O–H groups in total. The van der Waals surface area contributed by atoms with Gasteiger partial charge in [-0.25, -0.2) is 0 Å². The van der Waals surface area contributed by atoms with Gasteiger partial charge in [-0.2, -0.15) is 0 Å². The van der Waals surface area contributed by atoms with Gasteiger partial charge in [0.1, 0.15) is 0 Å². The molecule has 1 aromatic carbocycles. The highest BCUT2D eigenvalue weighted by atomic mass is 79.9. The van der Waals surface area contributed by atoms with Crippen LogP contribution in [0.3, 0.4) is 0 Å². The summed E-state index contributed by atoms with van der Waals surface area (Å²) in [6.45, 7) is 4.97. The zero-order valence-electron chi connectivity index (χ0n) is 9.80. The van der Waals surface area contributed by atoms with Gasteiger partial charge in [0.25, 0.3) is 5.91 Å². The number of hydrogen-bond donors (Lipinski definition) is 1. The van der Waals surface area contributed by atoms with Gasteiger partial charge in [0, 0.05) is 15.5 Å². The summed E-state index contributed by atoms with van der Waals surface area (Å²) in [5.41, 5.74) is 0.623. The van der Waals surface area contributed by atoms with Crippen molar-refractivity contribution in [2.75, 3.05) is 13.2 Å². The summed E-state index contributed by atoms with van der Waals surface area (Å²) in [7, 11) is 0. The Hall–Kier alpha value is -0.390. The van der Waals surface area contributed by atoms with Crippen molar-refractivity contribution in [3.8, 4) is 0 Å². The van der Waals surface area contributed by atoms with Gasteiger partial charge in [0.05, 0.1) is 18.3 Å². The van der Waals surface area contributed by atoms with E-state index in [9.17, 15) is 4.79 Å². The van der Waals surface area contributed by atoms with Crippen LogP contribution in [-0.4, -0.2) is 25.2 Å². The number of carbonyl (C=O) groups is 1. The zero-order valence-corrected chi connectivity index (χ0v) is 13.0. The first-order chi connectivity index (χ1) is 8.00. The standard InChI is InChI=1S/C12H15Br2NO2/c1-8(2)17-6-5-15-12(16)10-4-3-9(13)7-11(10)14/h3-4,7-8H,5-6H2,1-2H3,(H,15,16). The smallest absolute Gasteiger partial charge is 0.252 e. The van der Waals surface area contributed by atoms with E-state index < -0.39 is 0 Å². The summed E-state index contributed by atoms with van der Waals surface area (Å²) in [5.74, 6) is -0.100. The molecule has 0 spiro atoms. The Kier molecular flexibility index (Phi) is 6.16. The molecule has 0 atom stereocenters. The third-order valence-corrected chi connectivity index (χ3v) is 3.16. The van der Waals surface area contributed by atoms with Crippen LogP contribution in [0.1, 0.15) is 24.2 Å². The Morgan fingerprint density at radius 1 is 1.41 bits per heavy atom. The maximum absolute atomic E-state index is 11.8. The second-order valence-electron chi connectivity index (χ2n) is 3.80. The molecule has 0 aliphatic rings. The van der Waals surface area contributed by atoms with E-state index in [2.05, 4.69) is 37.2 Å². The minimum atomic E-state index is -0.100. The van der Waals surface area contributed by atoms with Gasteiger partial charge in [0.2, 0.25) is 0 Å². The largest absolute Gasteiger partial charge is 0.377 e. The number of amides is 1. The number of benzene rings is 1. The predicted molar refractivity (Wildman–Crippen MR) is 75.3 cm³/mol. The highest BCUT2D eigenvalue weighted by molar-refractivity contribution is 9.11. The van der Waals surface area contributed by atoms with Crippen LogP contribution >= 0.6 is 31.9 Å². The molecule has 17 heavy (non-hydrogen) atoms. The van der Waals surface area contributed by atoms with Crippen molar-refractivity contribution in [3.63, 3.8) is 0 Å². The van der Waals surface area contributed by atoms with E-state index in [1.807, 2.05) is 26.0 Å². The average Bonchev–Trinajstić information content (AvgIpc) is 2.23. The molecule has 1 rings (SSSR count). The molecule has 0 heterocycles. The summed E-state index contributed by atoms with van der Waals surface area (Å²) in [6.07, 6.45) is 0.186. The van der Waals surface area contributed by atoms with Crippen LogP contribution in [0.4, 0.5) is 0 Å². The molecule has 1 aromatic rings. The molecule has 0 aliphatic carbocycles. The molecule has 3 nitrogen and oxygen atoms in total. The van der Waals surface area contributed by atoms with E-state index >= 15 is 0 Å². The Morgan fingerprint density at radius 2 is 2.12 bits per heavy atom. The van der Waals surface area contributed by atoms with Crippen molar-refractivity contribution in [3.05, 3.63) is 32.7 Å². The van der Waals surface area contributed by atoms with E-state index in [0.717, 1.165) is 8.95 Å². The van der Waals surface area contributed by atoms with Gasteiger partial charge in [-0.1, -0.05) is 15.9 Å². The Balaban J connectivity index is 2.47. The molecule has 0 saturated carbocycles. The first kappa shape index (κ1) is 14.7. The van der Waals surface area contributed by atoms with Crippen molar-refractivity contribution in [2.24, 2.45) is 0 Å². The van der Waals surface area contributed by atoms with Gasteiger partial charge >= 0.3 is 0 Å². The highest BCUT2D eigenvalue weighted by Crippen LogP contribution is 2.21. The summed E-state index contributed by atoms with van der Waals surface area (Å²) >= 11 is 6.70. The maximum atomic E-state index is 11.8. The molecule has 0 unspecified atom stereocenters. The maximum Gasteiger partial charge on any atom is 0.252 e. The van der Waals surface area contributed by atoms with Gasteiger partial charge in [-0.15, -0.1) is 0 Å². The number of nitrogens with one attached hydrogen (secondary N) is 1. The van der Waals surface area contributed by atoms with Gasteiger partial charge in [0.15, 0.2) is 0 Å².